The van der Waals surface area contributed by atoms with Gasteiger partial charge < -0.3 is 0 Å². The van der Waals surface area contributed by atoms with Gasteiger partial charge in [0.25, 0.3) is 5.91 Å². The SMILES string of the molecule is CCC(C)N1CCN(C(C)C(=O)NN)CC1. The van der Waals surface area contributed by atoms with Crippen LogP contribution in [-0.2, 0) is 4.79 Å². The number of hydrogen-bond donors (Lipinski definition) is 2. The van der Waals surface area contributed by atoms with E-state index >= 15 is 0 Å². The van der Waals surface area contributed by atoms with E-state index in [1.165, 1.54) is 6.42 Å². The molecule has 0 aliphatic carbocycles. The van der Waals surface area contributed by atoms with Crippen molar-refractivity contribution < 1.29 is 4.79 Å². The molecule has 1 fully saturated rings. The number of rotatable bonds is 4. The van der Waals surface area contributed by atoms with Crippen LogP contribution in [0.1, 0.15) is 27.2 Å². The van der Waals surface area contributed by atoms with Crippen molar-refractivity contribution in [1.29, 1.82) is 0 Å². The van der Waals surface area contributed by atoms with Crippen LogP contribution in [0.3, 0.4) is 0 Å². The largest absolute Gasteiger partial charge is 0.298 e. The number of nitrogens with two attached hydrogens (primary N) is 1. The van der Waals surface area contributed by atoms with Gasteiger partial charge in [0.1, 0.15) is 0 Å². The highest BCUT2D eigenvalue weighted by atomic mass is 16.2. The van der Waals surface area contributed by atoms with Crippen molar-refractivity contribution in [3.63, 3.8) is 0 Å². The Kier molecular flexibility index (Phi) is 5.18. The van der Waals surface area contributed by atoms with E-state index in [0.717, 1.165) is 26.2 Å². The van der Waals surface area contributed by atoms with Crippen LogP contribution >= 0.6 is 0 Å². The summed E-state index contributed by atoms with van der Waals surface area (Å²) in [4.78, 5) is 16.0. The fraction of sp³-hybridized carbons (Fsp3) is 0.909. The highest BCUT2D eigenvalue weighted by Crippen LogP contribution is 2.10. The summed E-state index contributed by atoms with van der Waals surface area (Å²) in [6.07, 6.45) is 1.18. The van der Waals surface area contributed by atoms with Gasteiger partial charge in [-0.2, -0.15) is 0 Å². The predicted molar refractivity (Wildman–Crippen MR) is 64.7 cm³/mol. The number of amides is 1. The molecule has 0 saturated carbocycles. The second-order valence-corrected chi connectivity index (χ2v) is 4.51. The zero-order chi connectivity index (χ0) is 12.1. The first kappa shape index (κ1) is 13.4. The van der Waals surface area contributed by atoms with Crippen molar-refractivity contribution in [2.75, 3.05) is 26.2 Å². The number of nitrogens with one attached hydrogen (secondary N) is 1. The van der Waals surface area contributed by atoms with Gasteiger partial charge in [0.2, 0.25) is 0 Å². The minimum absolute atomic E-state index is 0.100. The van der Waals surface area contributed by atoms with E-state index in [0.29, 0.717) is 6.04 Å². The maximum absolute atomic E-state index is 11.4. The van der Waals surface area contributed by atoms with Crippen LogP contribution < -0.4 is 11.3 Å². The minimum Gasteiger partial charge on any atom is -0.298 e. The Labute approximate surface area is 97.9 Å². The molecule has 1 amide bonds. The molecule has 94 valence electrons. The third-order valence-electron chi connectivity index (χ3n) is 3.63. The second kappa shape index (κ2) is 6.18. The van der Waals surface area contributed by atoms with E-state index in [9.17, 15) is 4.79 Å². The molecule has 0 spiro atoms. The number of nitrogens with zero attached hydrogens (tertiary/aromatic N) is 2. The summed E-state index contributed by atoms with van der Waals surface area (Å²) in [5, 5.41) is 0. The van der Waals surface area contributed by atoms with Gasteiger partial charge in [-0.1, -0.05) is 6.92 Å². The van der Waals surface area contributed by atoms with E-state index < -0.39 is 0 Å². The number of piperazine rings is 1. The van der Waals surface area contributed by atoms with E-state index in [1.54, 1.807) is 0 Å². The molecule has 2 atom stereocenters. The molecule has 5 heteroatoms. The smallest absolute Gasteiger partial charge is 0.250 e. The van der Waals surface area contributed by atoms with Crippen molar-refractivity contribution in [2.24, 2.45) is 5.84 Å². The number of carbonyl (C=O) groups excluding carboxylic acids is 1. The lowest BCUT2D eigenvalue weighted by atomic mass is 10.1. The van der Waals surface area contributed by atoms with Crippen molar-refractivity contribution in [3.05, 3.63) is 0 Å². The molecule has 0 radical (unpaired) electrons. The zero-order valence-electron chi connectivity index (χ0n) is 10.6. The summed E-state index contributed by atoms with van der Waals surface area (Å²) in [6, 6.07) is 0.518. The molecule has 1 aliphatic heterocycles. The molecular formula is C11H24N4O. The van der Waals surface area contributed by atoms with Crippen LogP contribution in [0.5, 0.6) is 0 Å². The Balaban J connectivity index is 2.39. The summed E-state index contributed by atoms with van der Waals surface area (Å²) in [5.74, 6) is 5.04. The topological polar surface area (TPSA) is 61.6 Å². The third kappa shape index (κ3) is 3.17. The highest BCUT2D eigenvalue weighted by Gasteiger charge is 2.26. The molecular weight excluding hydrogens is 204 g/mol. The molecule has 0 aromatic rings. The van der Waals surface area contributed by atoms with Crippen molar-refractivity contribution in [2.45, 2.75) is 39.3 Å². The molecule has 1 saturated heterocycles. The summed E-state index contributed by atoms with van der Waals surface area (Å²) in [6.45, 7) is 10.3. The maximum Gasteiger partial charge on any atom is 0.250 e. The first-order chi connectivity index (χ1) is 7.60. The van der Waals surface area contributed by atoms with Gasteiger partial charge in [0.15, 0.2) is 0 Å². The third-order valence-corrected chi connectivity index (χ3v) is 3.63. The summed E-state index contributed by atoms with van der Waals surface area (Å²) >= 11 is 0. The number of hydrazine groups is 1. The number of hydrogen-bond acceptors (Lipinski definition) is 4. The molecule has 3 N–H and O–H groups in total. The number of carbonyl (C=O) groups is 1. The van der Waals surface area contributed by atoms with Gasteiger partial charge in [-0.15, -0.1) is 0 Å². The van der Waals surface area contributed by atoms with Crippen molar-refractivity contribution in [3.8, 4) is 0 Å². The van der Waals surface area contributed by atoms with Gasteiger partial charge >= 0.3 is 0 Å². The van der Waals surface area contributed by atoms with Crippen LogP contribution in [0.4, 0.5) is 0 Å². The lowest BCUT2D eigenvalue weighted by molar-refractivity contribution is -0.126. The molecule has 0 aromatic carbocycles. The van der Waals surface area contributed by atoms with Gasteiger partial charge in [0.05, 0.1) is 6.04 Å². The van der Waals surface area contributed by atoms with E-state index in [1.807, 2.05) is 6.92 Å². The molecule has 1 heterocycles. The van der Waals surface area contributed by atoms with Crippen LogP contribution in [0.2, 0.25) is 0 Å². The summed E-state index contributed by atoms with van der Waals surface area (Å²) in [5.41, 5.74) is 2.21. The lowest BCUT2D eigenvalue weighted by Gasteiger charge is -2.39. The monoisotopic (exact) mass is 228 g/mol. The Hall–Kier alpha value is -0.650. The average molecular weight is 228 g/mol. The Morgan fingerprint density at radius 2 is 1.75 bits per heavy atom. The fourth-order valence-electron chi connectivity index (χ4n) is 2.11. The van der Waals surface area contributed by atoms with Crippen molar-refractivity contribution >= 4 is 5.91 Å². The molecule has 16 heavy (non-hydrogen) atoms. The second-order valence-electron chi connectivity index (χ2n) is 4.51. The minimum atomic E-state index is -0.121. The Morgan fingerprint density at radius 1 is 1.25 bits per heavy atom. The van der Waals surface area contributed by atoms with Crippen molar-refractivity contribution in [1.82, 2.24) is 15.2 Å². The van der Waals surface area contributed by atoms with Crippen LogP contribution in [0.15, 0.2) is 0 Å². The fourth-order valence-corrected chi connectivity index (χ4v) is 2.11. The first-order valence-electron chi connectivity index (χ1n) is 6.08. The summed E-state index contributed by atoms with van der Waals surface area (Å²) in [7, 11) is 0. The Morgan fingerprint density at radius 3 is 2.19 bits per heavy atom. The molecule has 2 unspecified atom stereocenters. The van der Waals surface area contributed by atoms with E-state index in [4.69, 9.17) is 5.84 Å². The molecule has 1 aliphatic rings. The van der Waals surface area contributed by atoms with Crippen LogP contribution in [-0.4, -0.2) is 54.0 Å². The average Bonchev–Trinajstić information content (AvgIpc) is 2.36. The quantitative estimate of drug-likeness (QED) is 0.397. The molecule has 0 aromatic heterocycles. The summed E-state index contributed by atoms with van der Waals surface area (Å²) < 4.78 is 0. The van der Waals surface area contributed by atoms with E-state index in [2.05, 4.69) is 29.1 Å². The van der Waals surface area contributed by atoms with Gasteiger partial charge in [-0.05, 0) is 20.3 Å². The van der Waals surface area contributed by atoms with Gasteiger partial charge in [0, 0.05) is 32.2 Å². The molecule has 5 nitrogen and oxygen atoms in total. The maximum atomic E-state index is 11.4. The Bertz CT molecular complexity index is 226. The predicted octanol–water partition coefficient (Wildman–Crippen LogP) is -0.219. The standard InChI is InChI=1S/C11H24N4O/c1-4-9(2)14-5-7-15(8-6-14)10(3)11(16)13-12/h9-10H,4-8,12H2,1-3H3,(H,13,16). The van der Waals surface area contributed by atoms with Crippen LogP contribution in [0.25, 0.3) is 0 Å². The normalized spacial score (nSPS) is 22.8. The first-order valence-corrected chi connectivity index (χ1v) is 6.08. The van der Waals surface area contributed by atoms with Gasteiger partial charge in [-0.25, -0.2) is 5.84 Å². The van der Waals surface area contributed by atoms with Gasteiger partial charge in [-0.3, -0.25) is 20.0 Å². The zero-order valence-corrected chi connectivity index (χ0v) is 10.6. The lowest BCUT2D eigenvalue weighted by Crippen LogP contribution is -2.56. The van der Waals surface area contributed by atoms with Crippen LogP contribution in [0, 0.1) is 0 Å². The van der Waals surface area contributed by atoms with E-state index in [-0.39, 0.29) is 11.9 Å². The highest BCUT2D eigenvalue weighted by molar-refractivity contribution is 5.80. The molecule has 1 rings (SSSR count). The molecule has 0 bridgehead atoms.